The summed E-state index contributed by atoms with van der Waals surface area (Å²) in [6, 6.07) is 8.06. The predicted octanol–water partition coefficient (Wildman–Crippen LogP) is 2.71. The molecule has 0 atom stereocenters. The van der Waals surface area contributed by atoms with Crippen molar-refractivity contribution in [2.75, 3.05) is 13.6 Å². The van der Waals surface area contributed by atoms with Gasteiger partial charge in [-0.1, -0.05) is 13.0 Å². The Bertz CT molecular complexity index is 363. The lowest BCUT2D eigenvalue weighted by Gasteiger charge is -2.16. The topological polar surface area (TPSA) is 27.0 Å². The van der Waals surface area contributed by atoms with E-state index in [-0.39, 0.29) is 0 Å². The predicted molar refractivity (Wildman–Crippen MR) is 62.5 cm³/mol. The van der Waals surface area contributed by atoms with Crippen LogP contribution < -0.4 is 0 Å². The molecule has 0 unspecified atom stereocenters. The molecule has 0 bridgehead atoms. The van der Waals surface area contributed by atoms with E-state index >= 15 is 0 Å². The molecule has 2 nitrogen and oxygen atoms in total. The molecule has 0 amide bonds. The molecule has 0 saturated carbocycles. The average molecular weight is 202 g/mol. The monoisotopic (exact) mass is 202 g/mol. The summed E-state index contributed by atoms with van der Waals surface area (Å²) in [5.74, 6) is 0. The van der Waals surface area contributed by atoms with Crippen LogP contribution in [0.2, 0.25) is 0 Å². The fourth-order valence-corrected chi connectivity index (χ4v) is 1.69. The zero-order valence-electron chi connectivity index (χ0n) is 9.75. The summed E-state index contributed by atoms with van der Waals surface area (Å²) in [5, 5.41) is 8.76. The summed E-state index contributed by atoms with van der Waals surface area (Å²) in [7, 11) is 2.13. The van der Waals surface area contributed by atoms with Crippen LogP contribution in [-0.2, 0) is 6.54 Å². The molecule has 80 valence electrons. The van der Waals surface area contributed by atoms with Crippen molar-refractivity contribution in [1.29, 1.82) is 5.26 Å². The molecule has 0 radical (unpaired) electrons. The van der Waals surface area contributed by atoms with Crippen LogP contribution in [0, 0.1) is 18.3 Å². The molecule has 1 aromatic carbocycles. The van der Waals surface area contributed by atoms with Crippen molar-refractivity contribution in [2.45, 2.75) is 26.8 Å². The first-order valence-electron chi connectivity index (χ1n) is 5.35. The molecule has 1 aromatic rings. The Morgan fingerprint density at radius 3 is 2.67 bits per heavy atom. The molecule has 0 saturated heterocycles. The fourth-order valence-electron chi connectivity index (χ4n) is 1.69. The molecule has 2 heteroatoms. The number of hydrogen-bond acceptors (Lipinski definition) is 2. The van der Waals surface area contributed by atoms with Gasteiger partial charge < -0.3 is 4.90 Å². The van der Waals surface area contributed by atoms with Crippen LogP contribution >= 0.6 is 0 Å². The number of nitriles is 1. The normalized spacial score (nSPS) is 10.3. The van der Waals surface area contributed by atoms with Crippen molar-refractivity contribution in [3.63, 3.8) is 0 Å². The molecule has 0 aliphatic carbocycles. The number of aryl methyl sites for hydroxylation is 1. The van der Waals surface area contributed by atoms with Crippen LogP contribution in [0.5, 0.6) is 0 Å². The molecule has 0 heterocycles. The molecular weight excluding hydrogens is 184 g/mol. The van der Waals surface area contributed by atoms with E-state index in [1.165, 1.54) is 17.5 Å². The summed E-state index contributed by atoms with van der Waals surface area (Å²) in [6.45, 7) is 6.32. The minimum Gasteiger partial charge on any atom is -0.302 e. The Labute approximate surface area is 92.1 Å². The Hall–Kier alpha value is -1.33. The van der Waals surface area contributed by atoms with Crippen molar-refractivity contribution in [2.24, 2.45) is 0 Å². The van der Waals surface area contributed by atoms with E-state index in [2.05, 4.69) is 37.9 Å². The van der Waals surface area contributed by atoms with Gasteiger partial charge in [0.1, 0.15) is 0 Å². The Balaban J connectivity index is 2.74. The van der Waals surface area contributed by atoms with Crippen LogP contribution in [-0.4, -0.2) is 18.5 Å². The maximum absolute atomic E-state index is 8.76. The Kier molecular flexibility index (Phi) is 4.33. The summed E-state index contributed by atoms with van der Waals surface area (Å²) >= 11 is 0. The second kappa shape index (κ2) is 5.53. The van der Waals surface area contributed by atoms with Crippen molar-refractivity contribution in [3.05, 3.63) is 34.9 Å². The van der Waals surface area contributed by atoms with Crippen molar-refractivity contribution >= 4 is 0 Å². The minimum absolute atomic E-state index is 0.745. The molecule has 0 aliphatic rings. The standard InChI is InChI=1S/C13H18N2/c1-4-7-15(3)10-13-6-5-12(9-14)8-11(13)2/h5-6,8H,4,7,10H2,1-3H3. The van der Waals surface area contributed by atoms with Gasteiger partial charge in [-0.2, -0.15) is 5.26 Å². The molecule has 0 aliphatic heterocycles. The van der Waals surface area contributed by atoms with Crippen LogP contribution in [0.15, 0.2) is 18.2 Å². The lowest BCUT2D eigenvalue weighted by molar-refractivity contribution is 0.327. The van der Waals surface area contributed by atoms with Gasteiger partial charge in [0.2, 0.25) is 0 Å². The molecule has 0 aromatic heterocycles. The van der Waals surface area contributed by atoms with Crippen LogP contribution in [0.1, 0.15) is 30.0 Å². The van der Waals surface area contributed by atoms with Gasteiger partial charge in [0.15, 0.2) is 0 Å². The lowest BCUT2D eigenvalue weighted by Crippen LogP contribution is -2.18. The van der Waals surface area contributed by atoms with Crippen molar-refractivity contribution in [1.82, 2.24) is 4.90 Å². The highest BCUT2D eigenvalue weighted by Gasteiger charge is 2.03. The zero-order valence-corrected chi connectivity index (χ0v) is 9.75. The smallest absolute Gasteiger partial charge is 0.0991 e. The second-order valence-corrected chi connectivity index (χ2v) is 3.99. The number of nitrogens with zero attached hydrogens (tertiary/aromatic N) is 2. The Morgan fingerprint density at radius 2 is 2.13 bits per heavy atom. The quantitative estimate of drug-likeness (QED) is 0.750. The number of rotatable bonds is 4. The van der Waals surface area contributed by atoms with Crippen LogP contribution in [0.3, 0.4) is 0 Å². The van der Waals surface area contributed by atoms with Gasteiger partial charge in [-0.25, -0.2) is 0 Å². The van der Waals surface area contributed by atoms with Gasteiger partial charge >= 0.3 is 0 Å². The molecule has 0 spiro atoms. The van der Waals surface area contributed by atoms with Gasteiger partial charge in [0.25, 0.3) is 0 Å². The van der Waals surface area contributed by atoms with E-state index in [1.807, 2.05) is 12.1 Å². The van der Waals surface area contributed by atoms with Crippen LogP contribution in [0.4, 0.5) is 0 Å². The highest BCUT2D eigenvalue weighted by molar-refractivity contribution is 5.37. The second-order valence-electron chi connectivity index (χ2n) is 3.99. The maximum atomic E-state index is 8.76. The maximum Gasteiger partial charge on any atom is 0.0991 e. The summed E-state index contributed by atoms with van der Waals surface area (Å²) in [5.41, 5.74) is 3.26. The van der Waals surface area contributed by atoms with Gasteiger partial charge in [-0.3, -0.25) is 0 Å². The molecular formula is C13H18N2. The van der Waals surface area contributed by atoms with Crippen LogP contribution in [0.25, 0.3) is 0 Å². The first kappa shape index (κ1) is 11.7. The molecule has 15 heavy (non-hydrogen) atoms. The summed E-state index contributed by atoms with van der Waals surface area (Å²) < 4.78 is 0. The van der Waals surface area contributed by atoms with E-state index in [0.717, 1.165) is 18.7 Å². The van der Waals surface area contributed by atoms with E-state index < -0.39 is 0 Å². The molecule has 1 rings (SSSR count). The minimum atomic E-state index is 0.745. The number of hydrogen-bond donors (Lipinski definition) is 0. The number of benzene rings is 1. The van der Waals surface area contributed by atoms with Gasteiger partial charge in [0, 0.05) is 6.54 Å². The third-order valence-corrected chi connectivity index (χ3v) is 2.52. The van der Waals surface area contributed by atoms with Gasteiger partial charge in [-0.05, 0) is 50.2 Å². The third kappa shape index (κ3) is 3.38. The van der Waals surface area contributed by atoms with Crippen molar-refractivity contribution < 1.29 is 0 Å². The molecule has 0 N–H and O–H groups in total. The first-order chi connectivity index (χ1) is 7.17. The first-order valence-corrected chi connectivity index (χ1v) is 5.35. The third-order valence-electron chi connectivity index (χ3n) is 2.52. The van der Waals surface area contributed by atoms with Gasteiger partial charge in [-0.15, -0.1) is 0 Å². The highest BCUT2D eigenvalue weighted by atomic mass is 15.1. The van der Waals surface area contributed by atoms with E-state index in [9.17, 15) is 0 Å². The highest BCUT2D eigenvalue weighted by Crippen LogP contribution is 2.12. The van der Waals surface area contributed by atoms with E-state index in [0.29, 0.717) is 0 Å². The van der Waals surface area contributed by atoms with Crippen molar-refractivity contribution in [3.8, 4) is 6.07 Å². The Morgan fingerprint density at radius 1 is 1.40 bits per heavy atom. The van der Waals surface area contributed by atoms with E-state index in [4.69, 9.17) is 5.26 Å². The summed E-state index contributed by atoms with van der Waals surface area (Å²) in [4.78, 5) is 2.30. The SMILES string of the molecule is CCCN(C)Cc1ccc(C#N)cc1C. The largest absolute Gasteiger partial charge is 0.302 e. The van der Waals surface area contributed by atoms with Gasteiger partial charge in [0.05, 0.1) is 11.6 Å². The average Bonchev–Trinajstić information content (AvgIpc) is 2.21. The summed E-state index contributed by atoms with van der Waals surface area (Å²) in [6.07, 6.45) is 1.17. The molecule has 0 fully saturated rings. The fraction of sp³-hybridized carbons (Fsp3) is 0.462. The zero-order chi connectivity index (χ0) is 11.3. The lowest BCUT2D eigenvalue weighted by atomic mass is 10.1. The van der Waals surface area contributed by atoms with E-state index in [1.54, 1.807) is 0 Å².